The molecule has 0 saturated carbocycles. The molecule has 2 N–H and O–H groups in total. The van der Waals surface area contributed by atoms with E-state index >= 15 is 0 Å². The van der Waals surface area contributed by atoms with E-state index in [0.29, 0.717) is 6.07 Å². The van der Waals surface area contributed by atoms with Crippen molar-refractivity contribution in [2.24, 2.45) is 0 Å². The summed E-state index contributed by atoms with van der Waals surface area (Å²) in [5, 5.41) is 10.2. The van der Waals surface area contributed by atoms with E-state index < -0.39 is 34.4 Å². The maximum absolute atomic E-state index is 12.7. The van der Waals surface area contributed by atoms with E-state index in [4.69, 9.17) is 5.73 Å². The summed E-state index contributed by atoms with van der Waals surface area (Å²) >= 11 is 0. The Kier molecular flexibility index (Phi) is 2.54. The molecule has 14 heavy (non-hydrogen) atoms. The highest BCUT2D eigenvalue weighted by Crippen LogP contribution is 2.26. The Morgan fingerprint density at radius 3 is 2.57 bits per heavy atom. The fourth-order valence-electron chi connectivity index (χ4n) is 0.806. The lowest BCUT2D eigenvalue weighted by Gasteiger charge is -1.99. The molecule has 0 unspecified atom stereocenters. The highest BCUT2D eigenvalue weighted by Gasteiger charge is 2.26. The summed E-state index contributed by atoms with van der Waals surface area (Å²) in [7, 11) is 0. The monoisotopic (exact) mass is 207 g/mol. The van der Waals surface area contributed by atoms with Gasteiger partial charge in [0.2, 0.25) is 0 Å². The van der Waals surface area contributed by atoms with E-state index in [2.05, 4.69) is 4.98 Å². The molecule has 8 heteroatoms. The van der Waals surface area contributed by atoms with E-state index in [1.807, 2.05) is 0 Å². The smallest absolute Gasteiger partial charge is 0.387 e. The van der Waals surface area contributed by atoms with Gasteiger partial charge in [0.15, 0.2) is 5.82 Å². The Morgan fingerprint density at radius 1 is 1.57 bits per heavy atom. The predicted molar refractivity (Wildman–Crippen MR) is 40.2 cm³/mol. The molecule has 5 nitrogen and oxygen atoms in total. The molecule has 0 saturated heterocycles. The standard InChI is InChI=1S/C6H4F3N3O2/c7-2-1-3(10)6(12(13)14)11-4(2)5(8)9/h1,5H,10H2. The zero-order valence-corrected chi connectivity index (χ0v) is 6.58. The molecule has 1 aromatic rings. The van der Waals surface area contributed by atoms with Crippen LogP contribution in [0.25, 0.3) is 0 Å². The van der Waals surface area contributed by atoms with Crippen molar-refractivity contribution in [3.8, 4) is 0 Å². The molecule has 0 fully saturated rings. The summed E-state index contributed by atoms with van der Waals surface area (Å²) in [6.45, 7) is 0. The molecule has 1 heterocycles. The quantitative estimate of drug-likeness (QED) is 0.590. The summed E-state index contributed by atoms with van der Waals surface area (Å²) in [6.07, 6.45) is -3.21. The first kappa shape index (κ1) is 10.2. The molecule has 76 valence electrons. The minimum Gasteiger partial charge on any atom is -0.392 e. The molecule has 0 aliphatic carbocycles. The van der Waals surface area contributed by atoms with Gasteiger partial charge >= 0.3 is 12.2 Å². The summed E-state index contributed by atoms with van der Waals surface area (Å²) < 4.78 is 36.8. The Hall–Kier alpha value is -1.86. The van der Waals surface area contributed by atoms with Crippen LogP contribution in [0, 0.1) is 15.9 Å². The van der Waals surface area contributed by atoms with Gasteiger partial charge in [0.25, 0.3) is 5.69 Å². The van der Waals surface area contributed by atoms with Crippen molar-refractivity contribution in [3.05, 3.63) is 27.7 Å². The fourth-order valence-corrected chi connectivity index (χ4v) is 0.806. The maximum Gasteiger partial charge on any atom is 0.387 e. The molecule has 1 aromatic heterocycles. The van der Waals surface area contributed by atoms with Crippen LogP contribution in [0.3, 0.4) is 0 Å². The predicted octanol–water partition coefficient (Wildman–Crippen LogP) is 1.65. The van der Waals surface area contributed by atoms with E-state index in [0.717, 1.165) is 0 Å². The molecule has 0 spiro atoms. The van der Waals surface area contributed by atoms with Gasteiger partial charge in [-0.15, -0.1) is 0 Å². The molecule has 0 radical (unpaired) electrons. The lowest BCUT2D eigenvalue weighted by Crippen LogP contribution is -2.04. The van der Waals surface area contributed by atoms with Crippen LogP contribution in [0.2, 0.25) is 0 Å². The summed E-state index contributed by atoms with van der Waals surface area (Å²) in [5.74, 6) is -2.33. The van der Waals surface area contributed by atoms with Crippen molar-refractivity contribution >= 4 is 11.5 Å². The van der Waals surface area contributed by atoms with Crippen LogP contribution >= 0.6 is 0 Å². The van der Waals surface area contributed by atoms with Crippen LogP contribution in [0.4, 0.5) is 24.7 Å². The van der Waals surface area contributed by atoms with Crippen LogP contribution in [-0.2, 0) is 0 Å². The van der Waals surface area contributed by atoms with Crippen molar-refractivity contribution in [1.82, 2.24) is 4.98 Å². The van der Waals surface area contributed by atoms with Gasteiger partial charge < -0.3 is 15.8 Å². The largest absolute Gasteiger partial charge is 0.392 e. The molecule has 1 rings (SSSR count). The minimum absolute atomic E-state index is 0.451. The number of rotatable bonds is 2. The van der Waals surface area contributed by atoms with Crippen LogP contribution in [0.1, 0.15) is 12.1 Å². The third kappa shape index (κ3) is 1.73. The lowest BCUT2D eigenvalue weighted by atomic mass is 10.3. The normalized spacial score (nSPS) is 10.6. The first-order chi connectivity index (χ1) is 6.43. The van der Waals surface area contributed by atoms with E-state index in [-0.39, 0.29) is 0 Å². The number of nitrogens with zero attached hydrogens (tertiary/aromatic N) is 2. The number of nitrogens with two attached hydrogens (primary N) is 1. The molecular formula is C6H4F3N3O2. The van der Waals surface area contributed by atoms with Gasteiger partial charge in [-0.05, 0) is 9.91 Å². The van der Waals surface area contributed by atoms with Crippen molar-refractivity contribution in [3.63, 3.8) is 0 Å². The number of hydrogen-bond donors (Lipinski definition) is 1. The van der Waals surface area contributed by atoms with Gasteiger partial charge in [-0.2, -0.15) is 0 Å². The highest BCUT2D eigenvalue weighted by atomic mass is 19.3. The van der Waals surface area contributed by atoms with Gasteiger partial charge in [0.05, 0.1) is 0 Å². The van der Waals surface area contributed by atoms with Crippen LogP contribution < -0.4 is 5.73 Å². The second-order valence-corrected chi connectivity index (χ2v) is 2.33. The average Bonchev–Trinajstić information content (AvgIpc) is 2.02. The first-order valence-electron chi connectivity index (χ1n) is 3.32. The average molecular weight is 207 g/mol. The number of hydrogen-bond acceptors (Lipinski definition) is 4. The van der Waals surface area contributed by atoms with Crippen molar-refractivity contribution in [1.29, 1.82) is 0 Å². The zero-order chi connectivity index (χ0) is 10.9. The van der Waals surface area contributed by atoms with Crippen molar-refractivity contribution < 1.29 is 18.1 Å². The summed E-state index contributed by atoms with van der Waals surface area (Å²) in [4.78, 5) is 12.0. The maximum atomic E-state index is 12.7. The fraction of sp³-hybridized carbons (Fsp3) is 0.167. The molecule has 0 amide bonds. The van der Waals surface area contributed by atoms with Gasteiger partial charge in [-0.25, -0.2) is 13.2 Å². The molecule has 0 aliphatic rings. The van der Waals surface area contributed by atoms with Crippen molar-refractivity contribution in [2.45, 2.75) is 6.43 Å². The molecule has 0 atom stereocenters. The highest BCUT2D eigenvalue weighted by molar-refractivity contribution is 5.53. The van der Waals surface area contributed by atoms with Gasteiger partial charge in [0.1, 0.15) is 5.69 Å². The molecule has 0 bridgehead atoms. The van der Waals surface area contributed by atoms with E-state index in [1.165, 1.54) is 0 Å². The van der Waals surface area contributed by atoms with Crippen LogP contribution in [0.5, 0.6) is 0 Å². The van der Waals surface area contributed by atoms with Gasteiger partial charge in [-0.1, -0.05) is 0 Å². The first-order valence-corrected chi connectivity index (χ1v) is 3.32. The topological polar surface area (TPSA) is 82.0 Å². The summed E-state index contributed by atoms with van der Waals surface area (Å²) in [5.41, 5.74) is 3.14. The third-order valence-electron chi connectivity index (χ3n) is 1.39. The number of aromatic nitrogens is 1. The number of alkyl halides is 2. The second-order valence-electron chi connectivity index (χ2n) is 2.33. The zero-order valence-electron chi connectivity index (χ0n) is 6.58. The van der Waals surface area contributed by atoms with Gasteiger partial charge in [0, 0.05) is 6.07 Å². The number of anilines is 1. The molecule has 0 aromatic carbocycles. The molecular weight excluding hydrogens is 203 g/mol. The lowest BCUT2D eigenvalue weighted by molar-refractivity contribution is -0.388. The van der Waals surface area contributed by atoms with Crippen molar-refractivity contribution in [2.75, 3.05) is 5.73 Å². The number of pyridine rings is 1. The minimum atomic E-state index is -3.21. The Labute approximate surface area is 75.5 Å². The Bertz CT molecular complexity index is 383. The Balaban J connectivity index is 3.34. The van der Waals surface area contributed by atoms with Gasteiger partial charge in [-0.3, -0.25) is 0 Å². The third-order valence-corrected chi connectivity index (χ3v) is 1.39. The number of nitrogen functional groups attached to an aromatic ring is 1. The molecule has 0 aliphatic heterocycles. The number of nitro groups is 1. The second kappa shape index (κ2) is 3.48. The van der Waals surface area contributed by atoms with Crippen LogP contribution in [0.15, 0.2) is 6.07 Å². The number of halogens is 3. The SMILES string of the molecule is Nc1cc(F)c(C(F)F)nc1[N+](=O)[O-]. The van der Waals surface area contributed by atoms with Crippen LogP contribution in [-0.4, -0.2) is 9.91 Å². The Morgan fingerprint density at radius 2 is 2.14 bits per heavy atom. The van der Waals surface area contributed by atoms with E-state index in [1.54, 1.807) is 0 Å². The summed E-state index contributed by atoms with van der Waals surface area (Å²) in [6, 6.07) is 0.451. The van der Waals surface area contributed by atoms with E-state index in [9.17, 15) is 23.3 Å².